The van der Waals surface area contributed by atoms with Crippen molar-refractivity contribution in [3.63, 3.8) is 0 Å². The summed E-state index contributed by atoms with van der Waals surface area (Å²) in [5.41, 5.74) is -0.371. The summed E-state index contributed by atoms with van der Waals surface area (Å²) in [6.45, 7) is 1.86. The molecule has 0 amide bonds. The molecule has 2 heterocycles. The van der Waals surface area contributed by atoms with Crippen LogP contribution in [-0.4, -0.2) is 25.5 Å². The maximum atomic E-state index is 12.7. The van der Waals surface area contributed by atoms with Crippen LogP contribution in [0.3, 0.4) is 0 Å². The summed E-state index contributed by atoms with van der Waals surface area (Å²) in [5, 5.41) is 7.75. The molecule has 2 aromatic rings. The zero-order valence-electron chi connectivity index (χ0n) is 10.6. The molecule has 9 heteroatoms. The number of thioether (sulfide) groups is 1. The molecule has 2 aromatic heterocycles. The van der Waals surface area contributed by atoms with E-state index in [4.69, 9.17) is 0 Å². The first-order valence-electron chi connectivity index (χ1n) is 5.60. The van der Waals surface area contributed by atoms with Gasteiger partial charge in [0.25, 0.3) is 0 Å². The highest BCUT2D eigenvalue weighted by Crippen LogP contribution is 2.35. The van der Waals surface area contributed by atoms with E-state index in [2.05, 4.69) is 31.1 Å². The Kier molecular flexibility index (Phi) is 4.38. The molecule has 108 valence electrons. The van der Waals surface area contributed by atoms with Crippen LogP contribution in [0.15, 0.2) is 21.9 Å². The summed E-state index contributed by atoms with van der Waals surface area (Å²) in [5.74, 6) is 1.05. The van der Waals surface area contributed by atoms with E-state index in [1.54, 1.807) is 11.6 Å². The third kappa shape index (κ3) is 2.98. The average Bonchev–Trinajstić information content (AvgIpc) is 2.69. The van der Waals surface area contributed by atoms with Crippen LogP contribution in [0.5, 0.6) is 0 Å². The van der Waals surface area contributed by atoms with Gasteiger partial charge in [0.2, 0.25) is 0 Å². The van der Waals surface area contributed by atoms with Crippen molar-refractivity contribution in [3.05, 3.63) is 22.6 Å². The standard InChI is InChI=1S/C11H10BrF3N4S/c1-3-20-7-4-6(11(13,14)15)5-16-8(7)9-17-18-10(12)19(9)2/h4-5H,3H2,1-2H3. The number of rotatable bonds is 3. The summed E-state index contributed by atoms with van der Waals surface area (Å²) in [6.07, 6.45) is -3.59. The van der Waals surface area contributed by atoms with Crippen molar-refractivity contribution in [2.75, 3.05) is 5.75 Å². The number of hydrogen-bond donors (Lipinski definition) is 0. The summed E-state index contributed by atoms with van der Waals surface area (Å²) in [4.78, 5) is 4.36. The molecular weight excluding hydrogens is 357 g/mol. The lowest BCUT2D eigenvalue weighted by Crippen LogP contribution is -2.07. The smallest absolute Gasteiger partial charge is 0.303 e. The van der Waals surface area contributed by atoms with Gasteiger partial charge in [-0.15, -0.1) is 22.0 Å². The first-order chi connectivity index (χ1) is 9.34. The van der Waals surface area contributed by atoms with Crippen LogP contribution >= 0.6 is 27.7 Å². The predicted octanol–water partition coefficient (Wildman–Crippen LogP) is 3.77. The van der Waals surface area contributed by atoms with Crippen molar-refractivity contribution < 1.29 is 13.2 Å². The number of hydrogen-bond acceptors (Lipinski definition) is 4. The lowest BCUT2D eigenvalue weighted by molar-refractivity contribution is -0.138. The third-order valence-corrected chi connectivity index (χ3v) is 4.11. The molecule has 0 fully saturated rings. The Hall–Kier alpha value is -1.09. The third-order valence-electron chi connectivity index (χ3n) is 2.51. The van der Waals surface area contributed by atoms with E-state index in [1.165, 1.54) is 11.8 Å². The number of pyridine rings is 1. The van der Waals surface area contributed by atoms with Crippen LogP contribution in [-0.2, 0) is 13.2 Å². The normalized spacial score (nSPS) is 11.9. The van der Waals surface area contributed by atoms with E-state index in [-0.39, 0.29) is 0 Å². The maximum absolute atomic E-state index is 12.7. The largest absolute Gasteiger partial charge is 0.417 e. The van der Waals surface area contributed by atoms with Gasteiger partial charge in [0, 0.05) is 18.1 Å². The van der Waals surface area contributed by atoms with E-state index in [0.717, 1.165) is 12.3 Å². The van der Waals surface area contributed by atoms with Crippen molar-refractivity contribution >= 4 is 27.7 Å². The van der Waals surface area contributed by atoms with Gasteiger partial charge >= 0.3 is 6.18 Å². The van der Waals surface area contributed by atoms with E-state index >= 15 is 0 Å². The van der Waals surface area contributed by atoms with E-state index in [1.807, 2.05) is 6.92 Å². The van der Waals surface area contributed by atoms with Crippen LogP contribution in [0, 0.1) is 0 Å². The minimum atomic E-state index is -4.41. The van der Waals surface area contributed by atoms with Gasteiger partial charge in [-0.1, -0.05) is 6.92 Å². The summed E-state index contributed by atoms with van der Waals surface area (Å²) in [7, 11) is 1.71. The van der Waals surface area contributed by atoms with Crippen molar-refractivity contribution in [1.82, 2.24) is 19.7 Å². The Morgan fingerprint density at radius 3 is 2.55 bits per heavy atom. The molecule has 0 saturated carbocycles. The molecule has 0 saturated heterocycles. The second-order valence-electron chi connectivity index (χ2n) is 3.85. The molecule has 0 atom stereocenters. The Labute approximate surface area is 125 Å². The van der Waals surface area contributed by atoms with Crippen molar-refractivity contribution in [2.45, 2.75) is 18.0 Å². The summed E-state index contributed by atoms with van der Waals surface area (Å²) in [6, 6.07) is 1.10. The zero-order valence-corrected chi connectivity index (χ0v) is 13.0. The Morgan fingerprint density at radius 2 is 2.05 bits per heavy atom. The topological polar surface area (TPSA) is 43.6 Å². The van der Waals surface area contributed by atoms with Crippen LogP contribution in [0.2, 0.25) is 0 Å². The molecule has 0 unspecified atom stereocenters. The van der Waals surface area contributed by atoms with Gasteiger partial charge in [0.15, 0.2) is 10.6 Å². The second-order valence-corrected chi connectivity index (χ2v) is 5.87. The molecule has 0 spiro atoms. The molecule has 0 bridgehead atoms. The van der Waals surface area contributed by atoms with E-state index in [9.17, 15) is 13.2 Å². The molecule has 20 heavy (non-hydrogen) atoms. The average molecular weight is 367 g/mol. The molecular formula is C11H10BrF3N4S. The molecule has 0 aromatic carbocycles. The van der Waals surface area contributed by atoms with Gasteiger partial charge < -0.3 is 4.57 Å². The second kappa shape index (κ2) is 5.72. The van der Waals surface area contributed by atoms with Gasteiger partial charge in [0.05, 0.1) is 5.56 Å². The first-order valence-corrected chi connectivity index (χ1v) is 7.37. The lowest BCUT2D eigenvalue weighted by Gasteiger charge is -2.11. The quantitative estimate of drug-likeness (QED) is 0.775. The molecule has 0 radical (unpaired) electrons. The van der Waals surface area contributed by atoms with Crippen LogP contribution in [0.4, 0.5) is 13.2 Å². The van der Waals surface area contributed by atoms with Gasteiger partial charge in [-0.3, -0.25) is 4.98 Å². The number of alkyl halides is 3. The van der Waals surface area contributed by atoms with Gasteiger partial charge in [-0.25, -0.2) is 0 Å². The lowest BCUT2D eigenvalue weighted by atomic mass is 10.2. The van der Waals surface area contributed by atoms with E-state index in [0.29, 0.717) is 26.9 Å². The van der Waals surface area contributed by atoms with Crippen molar-refractivity contribution in [1.29, 1.82) is 0 Å². The monoisotopic (exact) mass is 366 g/mol. The summed E-state index contributed by atoms with van der Waals surface area (Å²) >= 11 is 4.48. The molecule has 4 nitrogen and oxygen atoms in total. The molecule has 2 rings (SSSR count). The first kappa shape index (κ1) is 15.3. The SMILES string of the molecule is CCSc1cc(C(F)(F)F)cnc1-c1nnc(Br)n1C. The minimum Gasteiger partial charge on any atom is -0.303 e. The number of nitrogens with zero attached hydrogens (tertiary/aromatic N) is 4. The fourth-order valence-corrected chi connectivity index (χ4v) is 2.60. The maximum Gasteiger partial charge on any atom is 0.417 e. The number of halogens is 4. The fourth-order valence-electron chi connectivity index (χ4n) is 1.55. The van der Waals surface area contributed by atoms with Crippen molar-refractivity contribution in [2.24, 2.45) is 7.05 Å². The predicted molar refractivity (Wildman–Crippen MR) is 73.3 cm³/mol. The minimum absolute atomic E-state index is 0.394. The molecule has 0 aliphatic heterocycles. The van der Waals surface area contributed by atoms with Crippen LogP contribution in [0.25, 0.3) is 11.5 Å². The number of aromatic nitrogens is 4. The van der Waals surface area contributed by atoms with Gasteiger partial charge in [-0.05, 0) is 27.7 Å². The Balaban J connectivity index is 2.56. The Morgan fingerprint density at radius 1 is 1.35 bits per heavy atom. The zero-order chi connectivity index (χ0) is 14.9. The highest BCUT2D eigenvalue weighted by atomic mass is 79.9. The van der Waals surface area contributed by atoms with Gasteiger partial charge in [0.1, 0.15) is 5.69 Å². The Bertz CT molecular complexity index is 627. The van der Waals surface area contributed by atoms with Gasteiger partial charge in [-0.2, -0.15) is 13.2 Å². The van der Waals surface area contributed by atoms with Crippen LogP contribution < -0.4 is 0 Å². The highest BCUT2D eigenvalue weighted by Gasteiger charge is 2.32. The molecule has 0 N–H and O–H groups in total. The molecule has 0 aliphatic carbocycles. The molecule has 0 aliphatic rings. The highest BCUT2D eigenvalue weighted by molar-refractivity contribution is 9.10. The van der Waals surface area contributed by atoms with Crippen LogP contribution in [0.1, 0.15) is 12.5 Å². The van der Waals surface area contributed by atoms with Crippen molar-refractivity contribution in [3.8, 4) is 11.5 Å². The fraction of sp³-hybridized carbons (Fsp3) is 0.364. The van der Waals surface area contributed by atoms with E-state index < -0.39 is 11.7 Å². The summed E-state index contributed by atoms with van der Waals surface area (Å²) < 4.78 is 40.3.